The number of nitrogens with zero attached hydrogens (tertiary/aromatic N) is 3. The van der Waals surface area contributed by atoms with E-state index in [0.717, 1.165) is 11.6 Å². The Hall–Kier alpha value is -3.38. The summed E-state index contributed by atoms with van der Waals surface area (Å²) in [5.41, 5.74) is 1.74. The number of anilines is 2. The average Bonchev–Trinajstić information content (AvgIpc) is 2.48. The maximum absolute atomic E-state index is 11.1. The topological polar surface area (TPSA) is 103 Å². The highest BCUT2D eigenvalue weighted by Gasteiger charge is 2.18. The quantitative estimate of drug-likeness (QED) is 0.684. The molecule has 0 radical (unpaired) electrons. The van der Waals surface area contributed by atoms with Gasteiger partial charge in [0.2, 0.25) is 0 Å². The molecule has 21 heavy (non-hydrogen) atoms. The van der Waals surface area contributed by atoms with Gasteiger partial charge in [-0.3, -0.25) is 10.1 Å². The van der Waals surface area contributed by atoms with Crippen LogP contribution in [0.25, 0.3) is 0 Å². The minimum absolute atomic E-state index is 0.0151. The zero-order valence-corrected chi connectivity index (χ0v) is 11.1. The maximum Gasteiger partial charge on any atom is 0.294 e. The maximum atomic E-state index is 11.1. The summed E-state index contributed by atoms with van der Waals surface area (Å²) >= 11 is 0. The summed E-state index contributed by atoms with van der Waals surface area (Å²) < 4.78 is 0. The molecular formula is C15H10N4O2. The van der Waals surface area contributed by atoms with E-state index in [-0.39, 0.29) is 22.5 Å². The monoisotopic (exact) mass is 278 g/mol. The first-order valence-corrected chi connectivity index (χ1v) is 6.01. The summed E-state index contributed by atoms with van der Waals surface area (Å²) in [6, 6.07) is 13.4. The van der Waals surface area contributed by atoms with Crippen molar-refractivity contribution in [3.63, 3.8) is 0 Å². The van der Waals surface area contributed by atoms with Gasteiger partial charge in [0.15, 0.2) is 0 Å². The van der Waals surface area contributed by atoms with Gasteiger partial charge in [-0.25, -0.2) is 0 Å². The number of aryl methyl sites for hydroxylation is 1. The van der Waals surface area contributed by atoms with Crippen LogP contribution >= 0.6 is 0 Å². The molecule has 0 aliphatic rings. The highest BCUT2D eigenvalue weighted by atomic mass is 16.6. The molecule has 6 heteroatoms. The molecule has 0 aliphatic carbocycles. The van der Waals surface area contributed by atoms with Crippen molar-refractivity contribution in [3.05, 3.63) is 63.2 Å². The number of benzene rings is 2. The Bertz CT molecular complexity index is 783. The first-order valence-electron chi connectivity index (χ1n) is 6.01. The lowest BCUT2D eigenvalue weighted by molar-refractivity contribution is -0.383. The van der Waals surface area contributed by atoms with E-state index in [0.29, 0.717) is 5.69 Å². The highest BCUT2D eigenvalue weighted by Crippen LogP contribution is 2.30. The van der Waals surface area contributed by atoms with Crippen LogP contribution in [0.3, 0.4) is 0 Å². The number of hydrogen-bond acceptors (Lipinski definition) is 5. The lowest BCUT2D eigenvalue weighted by atomic mass is 10.1. The van der Waals surface area contributed by atoms with E-state index in [4.69, 9.17) is 10.5 Å². The number of hydrogen-bond donors (Lipinski definition) is 1. The van der Waals surface area contributed by atoms with Gasteiger partial charge in [-0.05, 0) is 25.1 Å². The van der Waals surface area contributed by atoms with Crippen LogP contribution in [0, 0.1) is 39.7 Å². The van der Waals surface area contributed by atoms with Crippen LogP contribution in [-0.2, 0) is 0 Å². The van der Waals surface area contributed by atoms with E-state index in [1.54, 1.807) is 18.2 Å². The summed E-state index contributed by atoms with van der Waals surface area (Å²) in [6.07, 6.45) is 0. The molecule has 0 aromatic heterocycles. The van der Waals surface area contributed by atoms with Crippen LogP contribution in [-0.4, -0.2) is 4.92 Å². The summed E-state index contributed by atoms with van der Waals surface area (Å²) in [5, 5.41) is 31.9. The van der Waals surface area contributed by atoms with Crippen LogP contribution in [0.1, 0.15) is 16.7 Å². The fraction of sp³-hybridized carbons (Fsp3) is 0.0667. The van der Waals surface area contributed by atoms with E-state index in [9.17, 15) is 10.1 Å². The molecule has 6 nitrogen and oxygen atoms in total. The van der Waals surface area contributed by atoms with Crippen molar-refractivity contribution in [2.45, 2.75) is 6.92 Å². The van der Waals surface area contributed by atoms with Crippen LogP contribution < -0.4 is 5.32 Å². The third kappa shape index (κ3) is 2.96. The molecule has 0 saturated carbocycles. The van der Waals surface area contributed by atoms with Gasteiger partial charge in [-0.1, -0.05) is 17.7 Å². The van der Waals surface area contributed by atoms with Gasteiger partial charge < -0.3 is 5.32 Å². The van der Waals surface area contributed by atoms with Gasteiger partial charge in [-0.15, -0.1) is 0 Å². The zero-order valence-electron chi connectivity index (χ0n) is 11.1. The van der Waals surface area contributed by atoms with Crippen LogP contribution in [0.2, 0.25) is 0 Å². The molecule has 2 aromatic rings. The van der Waals surface area contributed by atoms with Crippen molar-refractivity contribution < 1.29 is 4.92 Å². The molecule has 0 heterocycles. The Balaban J connectivity index is 2.51. The van der Waals surface area contributed by atoms with Gasteiger partial charge in [0.1, 0.15) is 17.8 Å². The molecule has 0 amide bonds. The third-order valence-electron chi connectivity index (χ3n) is 2.90. The number of nitro groups is 1. The molecule has 0 bridgehead atoms. The molecule has 0 fully saturated rings. The molecule has 0 atom stereocenters. The third-order valence-corrected chi connectivity index (χ3v) is 2.90. The van der Waals surface area contributed by atoms with Crippen molar-refractivity contribution in [3.8, 4) is 12.1 Å². The van der Waals surface area contributed by atoms with E-state index in [1.165, 1.54) is 6.07 Å². The molecular weight excluding hydrogens is 268 g/mol. The standard InChI is InChI=1S/C15H10N4O2/c1-10-2-4-13(5-3-10)18-14-6-11(8-16)12(9-17)7-15(14)19(20)21/h2-7,18H,1H3. The number of nitro benzene ring substituents is 1. The number of nitriles is 2. The normalized spacial score (nSPS) is 9.48. The van der Waals surface area contributed by atoms with Crippen molar-refractivity contribution in [1.29, 1.82) is 10.5 Å². The first-order chi connectivity index (χ1) is 10.0. The second-order valence-corrected chi connectivity index (χ2v) is 4.39. The highest BCUT2D eigenvalue weighted by molar-refractivity contribution is 5.73. The molecule has 102 valence electrons. The van der Waals surface area contributed by atoms with Gasteiger partial charge in [0.25, 0.3) is 5.69 Å². The predicted molar refractivity (Wildman–Crippen MR) is 77.0 cm³/mol. The number of rotatable bonds is 3. The van der Waals surface area contributed by atoms with Crippen LogP contribution in [0.15, 0.2) is 36.4 Å². The molecule has 2 rings (SSSR count). The second kappa shape index (κ2) is 5.72. The molecule has 0 saturated heterocycles. The van der Waals surface area contributed by atoms with Gasteiger partial charge in [0, 0.05) is 11.8 Å². The average molecular weight is 278 g/mol. The lowest BCUT2D eigenvalue weighted by Gasteiger charge is -2.08. The van der Waals surface area contributed by atoms with E-state index in [2.05, 4.69) is 5.32 Å². The Morgan fingerprint density at radius 3 is 2.19 bits per heavy atom. The summed E-state index contributed by atoms with van der Waals surface area (Å²) in [6.45, 7) is 1.93. The molecule has 2 aromatic carbocycles. The van der Waals surface area contributed by atoms with E-state index >= 15 is 0 Å². The van der Waals surface area contributed by atoms with Crippen LogP contribution in [0.4, 0.5) is 17.1 Å². The molecule has 0 unspecified atom stereocenters. The largest absolute Gasteiger partial charge is 0.350 e. The predicted octanol–water partition coefficient (Wildman–Crippen LogP) is 3.39. The Morgan fingerprint density at radius 1 is 1.10 bits per heavy atom. The molecule has 0 spiro atoms. The Labute approximate surface area is 121 Å². The van der Waals surface area contributed by atoms with Crippen molar-refractivity contribution in [2.75, 3.05) is 5.32 Å². The Morgan fingerprint density at radius 2 is 1.67 bits per heavy atom. The lowest BCUT2D eigenvalue weighted by Crippen LogP contribution is -1.99. The molecule has 0 aliphatic heterocycles. The van der Waals surface area contributed by atoms with E-state index < -0.39 is 4.92 Å². The summed E-state index contributed by atoms with van der Waals surface area (Å²) in [7, 11) is 0. The van der Waals surface area contributed by atoms with Crippen molar-refractivity contribution in [1.82, 2.24) is 0 Å². The van der Waals surface area contributed by atoms with Gasteiger partial charge >= 0.3 is 0 Å². The van der Waals surface area contributed by atoms with Crippen LogP contribution in [0.5, 0.6) is 0 Å². The van der Waals surface area contributed by atoms with Gasteiger partial charge in [-0.2, -0.15) is 10.5 Å². The van der Waals surface area contributed by atoms with Crippen molar-refractivity contribution in [2.24, 2.45) is 0 Å². The zero-order chi connectivity index (χ0) is 15.4. The SMILES string of the molecule is Cc1ccc(Nc2cc(C#N)c(C#N)cc2[N+](=O)[O-])cc1. The minimum Gasteiger partial charge on any atom is -0.350 e. The number of nitrogens with one attached hydrogen (secondary N) is 1. The van der Waals surface area contributed by atoms with Gasteiger partial charge in [0.05, 0.1) is 16.1 Å². The fourth-order valence-corrected chi connectivity index (χ4v) is 1.82. The fourth-order valence-electron chi connectivity index (χ4n) is 1.82. The van der Waals surface area contributed by atoms with E-state index in [1.807, 2.05) is 25.1 Å². The Kier molecular flexibility index (Phi) is 3.83. The minimum atomic E-state index is -0.585. The first kappa shape index (κ1) is 14.0. The molecule has 1 N–H and O–H groups in total. The van der Waals surface area contributed by atoms with Crippen molar-refractivity contribution >= 4 is 17.1 Å². The summed E-state index contributed by atoms with van der Waals surface area (Å²) in [4.78, 5) is 10.5. The summed E-state index contributed by atoms with van der Waals surface area (Å²) in [5.74, 6) is 0. The smallest absolute Gasteiger partial charge is 0.294 e. The second-order valence-electron chi connectivity index (χ2n) is 4.39.